The summed E-state index contributed by atoms with van der Waals surface area (Å²) in [7, 11) is 0. The van der Waals surface area contributed by atoms with Crippen LogP contribution in [0, 0.1) is 29.1 Å². The van der Waals surface area contributed by atoms with E-state index in [-0.39, 0.29) is 23.8 Å². The molecule has 6 rings (SSSR count). The Hall–Kier alpha value is -2.79. The number of thioether (sulfide) groups is 1. The summed E-state index contributed by atoms with van der Waals surface area (Å²) < 4.78 is 5.30. The van der Waals surface area contributed by atoms with E-state index in [4.69, 9.17) is 4.74 Å². The highest BCUT2D eigenvalue weighted by Crippen LogP contribution is 2.55. The Morgan fingerprint density at radius 2 is 1.94 bits per heavy atom. The predicted molar refractivity (Wildman–Crippen MR) is 134 cm³/mol. The van der Waals surface area contributed by atoms with Crippen LogP contribution in [0.5, 0.6) is 0 Å². The molecule has 35 heavy (non-hydrogen) atoms. The van der Waals surface area contributed by atoms with Gasteiger partial charge in [-0.05, 0) is 81.8 Å². The summed E-state index contributed by atoms with van der Waals surface area (Å²) in [6.07, 6.45) is 10.6. The number of aromatic nitrogens is 1. The summed E-state index contributed by atoms with van der Waals surface area (Å²) in [6.45, 7) is 3.81. The fourth-order valence-electron chi connectivity index (χ4n) is 7.12. The lowest BCUT2D eigenvalue weighted by Gasteiger charge is -2.56. The smallest absolute Gasteiger partial charge is 0.336 e. The lowest BCUT2D eigenvalue weighted by atomic mass is 9.53. The quantitative estimate of drug-likeness (QED) is 0.551. The molecule has 1 aliphatic heterocycles. The third-order valence-corrected chi connectivity index (χ3v) is 8.97. The van der Waals surface area contributed by atoms with Crippen LogP contribution >= 0.6 is 11.8 Å². The highest BCUT2D eigenvalue weighted by molar-refractivity contribution is 8.03. The first-order valence-electron chi connectivity index (χ1n) is 12.5. The van der Waals surface area contributed by atoms with Gasteiger partial charge in [-0.15, -0.1) is 0 Å². The molecular formula is C27H32N4O3S. The fraction of sp³-hybridized carbons (Fsp3) is 0.556. The number of amides is 1. The maximum absolute atomic E-state index is 13.1. The first-order valence-corrected chi connectivity index (χ1v) is 13.5. The van der Waals surface area contributed by atoms with E-state index >= 15 is 0 Å². The van der Waals surface area contributed by atoms with Gasteiger partial charge < -0.3 is 15.4 Å². The van der Waals surface area contributed by atoms with Crippen molar-refractivity contribution in [1.82, 2.24) is 15.6 Å². The molecule has 1 atom stereocenters. The van der Waals surface area contributed by atoms with Gasteiger partial charge >= 0.3 is 5.97 Å². The molecule has 8 heteroatoms. The van der Waals surface area contributed by atoms with Crippen LogP contribution in [0.15, 0.2) is 46.4 Å². The zero-order valence-electron chi connectivity index (χ0n) is 20.3. The monoisotopic (exact) mass is 492 g/mol. The topological polar surface area (TPSA) is 104 Å². The van der Waals surface area contributed by atoms with E-state index < -0.39 is 11.9 Å². The lowest BCUT2D eigenvalue weighted by Crippen LogP contribution is -2.60. The van der Waals surface area contributed by atoms with E-state index in [1.54, 1.807) is 32.3 Å². The molecule has 4 saturated carbocycles. The Balaban J connectivity index is 1.35. The van der Waals surface area contributed by atoms with Crippen molar-refractivity contribution in [3.63, 3.8) is 0 Å². The summed E-state index contributed by atoms with van der Waals surface area (Å²) in [5, 5.41) is 17.4. The highest BCUT2D eigenvalue weighted by atomic mass is 32.2. The van der Waals surface area contributed by atoms with Gasteiger partial charge in [0, 0.05) is 23.6 Å². The molecule has 5 aliphatic rings. The molecular weight excluding hydrogens is 460 g/mol. The van der Waals surface area contributed by atoms with E-state index in [1.807, 2.05) is 6.07 Å². The van der Waals surface area contributed by atoms with Gasteiger partial charge in [0.1, 0.15) is 0 Å². The fourth-order valence-corrected chi connectivity index (χ4v) is 8.01. The zero-order chi connectivity index (χ0) is 24.6. The van der Waals surface area contributed by atoms with Gasteiger partial charge in [-0.1, -0.05) is 17.8 Å². The molecule has 1 amide bonds. The van der Waals surface area contributed by atoms with Gasteiger partial charge in [-0.25, -0.2) is 4.79 Å². The number of nitrogens with one attached hydrogen (secondary N) is 2. The van der Waals surface area contributed by atoms with Crippen molar-refractivity contribution in [2.24, 2.45) is 17.8 Å². The van der Waals surface area contributed by atoms with Gasteiger partial charge in [-0.2, -0.15) is 5.26 Å². The number of dihydropyridines is 1. The van der Waals surface area contributed by atoms with E-state index in [0.717, 1.165) is 42.6 Å². The number of pyridine rings is 1. The SMILES string of the molecule is CCOC(=O)C1=C(C)NC(SCC(=O)NC23CC4CC(CC(C4)C2)C3)=C(C#N)C1c1cccnc1. The average molecular weight is 493 g/mol. The molecule has 0 saturated heterocycles. The van der Waals surface area contributed by atoms with Crippen molar-refractivity contribution in [2.45, 2.75) is 63.8 Å². The van der Waals surface area contributed by atoms with Crippen molar-refractivity contribution in [3.8, 4) is 6.07 Å². The predicted octanol–water partition coefficient (Wildman–Crippen LogP) is 4.16. The Morgan fingerprint density at radius 3 is 2.51 bits per heavy atom. The number of nitrogens with zero attached hydrogens (tertiary/aromatic N) is 2. The first kappa shape index (κ1) is 23.9. The largest absolute Gasteiger partial charge is 0.463 e. The van der Waals surface area contributed by atoms with Crippen LogP contribution in [-0.4, -0.2) is 34.8 Å². The Labute approximate surface area is 210 Å². The first-order chi connectivity index (χ1) is 16.9. The van der Waals surface area contributed by atoms with Crippen LogP contribution in [-0.2, 0) is 14.3 Å². The summed E-state index contributed by atoms with van der Waals surface area (Å²) in [5.41, 5.74) is 2.13. The second-order valence-corrected chi connectivity index (χ2v) is 11.5. The number of nitriles is 1. The van der Waals surface area contributed by atoms with E-state index in [2.05, 4.69) is 21.7 Å². The molecule has 4 aliphatic carbocycles. The molecule has 1 unspecified atom stereocenters. The number of hydrogen-bond donors (Lipinski definition) is 2. The van der Waals surface area contributed by atoms with Crippen molar-refractivity contribution >= 4 is 23.6 Å². The minimum absolute atomic E-state index is 0.0132. The molecule has 1 aromatic rings. The number of hydrogen-bond acceptors (Lipinski definition) is 7. The number of carbonyl (C=O) groups is 2. The zero-order valence-corrected chi connectivity index (χ0v) is 21.1. The minimum Gasteiger partial charge on any atom is -0.463 e. The van der Waals surface area contributed by atoms with E-state index in [0.29, 0.717) is 21.9 Å². The van der Waals surface area contributed by atoms with Crippen LogP contribution in [0.1, 0.15) is 63.9 Å². The van der Waals surface area contributed by atoms with Crippen LogP contribution in [0.25, 0.3) is 0 Å². The summed E-state index contributed by atoms with van der Waals surface area (Å²) >= 11 is 1.32. The number of esters is 1. The second-order valence-electron chi connectivity index (χ2n) is 10.5. The number of carbonyl (C=O) groups excluding carboxylic acids is 2. The van der Waals surface area contributed by atoms with Crippen LogP contribution < -0.4 is 10.6 Å². The molecule has 1 aromatic heterocycles. The van der Waals surface area contributed by atoms with Gasteiger partial charge in [0.25, 0.3) is 0 Å². The molecule has 0 spiro atoms. The third-order valence-electron chi connectivity index (χ3n) is 7.95. The molecule has 2 heterocycles. The van der Waals surface area contributed by atoms with Gasteiger partial charge in [0.2, 0.25) is 5.91 Å². The lowest BCUT2D eigenvalue weighted by molar-refractivity contribution is -0.138. The molecule has 4 fully saturated rings. The Bertz CT molecular complexity index is 1090. The Morgan fingerprint density at radius 1 is 1.26 bits per heavy atom. The molecule has 7 nitrogen and oxygen atoms in total. The number of rotatable bonds is 7. The highest BCUT2D eigenvalue weighted by Gasteiger charge is 2.51. The van der Waals surface area contributed by atoms with Gasteiger partial charge in [0.05, 0.1) is 40.5 Å². The van der Waals surface area contributed by atoms with Crippen molar-refractivity contribution < 1.29 is 14.3 Å². The molecule has 0 aromatic carbocycles. The maximum Gasteiger partial charge on any atom is 0.336 e. The second kappa shape index (κ2) is 9.69. The van der Waals surface area contributed by atoms with Crippen molar-refractivity contribution in [1.29, 1.82) is 5.26 Å². The molecule has 4 bridgehead atoms. The molecule has 0 radical (unpaired) electrons. The van der Waals surface area contributed by atoms with Crippen LogP contribution in [0.3, 0.4) is 0 Å². The molecule has 184 valence electrons. The maximum atomic E-state index is 13.1. The average Bonchev–Trinajstić information content (AvgIpc) is 2.81. The Kier molecular flexibility index (Phi) is 6.63. The minimum atomic E-state index is -0.595. The standard InChI is InChI=1S/C27H32N4O3S/c1-3-34-26(33)23-16(2)30-25(21(13-28)24(23)20-5-4-6-29-14-20)35-15-22(32)31-27-10-17-7-18(11-27)9-19(8-17)12-27/h4-6,14,17-19,24,30H,3,7-12,15H2,1-2H3,(H,31,32). The van der Waals surface area contributed by atoms with Gasteiger partial charge in [0.15, 0.2) is 0 Å². The van der Waals surface area contributed by atoms with Crippen molar-refractivity contribution in [3.05, 3.63) is 52.0 Å². The summed E-state index contributed by atoms with van der Waals surface area (Å²) in [5.74, 6) is 1.46. The van der Waals surface area contributed by atoms with Crippen molar-refractivity contribution in [2.75, 3.05) is 12.4 Å². The third kappa shape index (κ3) is 4.71. The van der Waals surface area contributed by atoms with E-state index in [9.17, 15) is 14.9 Å². The summed E-state index contributed by atoms with van der Waals surface area (Å²) in [6, 6.07) is 5.94. The number of allylic oxidation sites excluding steroid dienone is 2. The van der Waals surface area contributed by atoms with Crippen LogP contribution in [0.4, 0.5) is 0 Å². The van der Waals surface area contributed by atoms with Gasteiger partial charge in [-0.3, -0.25) is 9.78 Å². The van der Waals surface area contributed by atoms with Crippen LogP contribution in [0.2, 0.25) is 0 Å². The number of ether oxygens (including phenoxy) is 1. The summed E-state index contributed by atoms with van der Waals surface area (Å²) in [4.78, 5) is 30.1. The normalized spacial score (nSPS) is 31.1. The van der Waals surface area contributed by atoms with E-state index in [1.165, 1.54) is 31.0 Å². The molecule has 2 N–H and O–H groups in total.